The van der Waals surface area contributed by atoms with Crippen molar-refractivity contribution in [3.05, 3.63) is 22.2 Å². The molecule has 0 saturated heterocycles. The minimum Gasteiger partial charge on any atom is -0.383 e. The van der Waals surface area contributed by atoms with Gasteiger partial charge in [-0.15, -0.1) is 0 Å². The monoisotopic (exact) mass is 434 g/mol. The fourth-order valence-electron chi connectivity index (χ4n) is 2.79. The van der Waals surface area contributed by atoms with E-state index in [2.05, 4.69) is 15.9 Å². The molecule has 25 heavy (non-hydrogen) atoms. The number of hydrogen-bond donors (Lipinski definition) is 0. The van der Waals surface area contributed by atoms with Gasteiger partial charge in [-0.1, -0.05) is 0 Å². The van der Waals surface area contributed by atoms with E-state index in [1.807, 2.05) is 0 Å². The quantitative estimate of drug-likeness (QED) is 0.621. The molecule has 0 fully saturated rings. The second-order valence-corrected chi connectivity index (χ2v) is 8.48. The SMILES string of the molecule is COCCN(CCOC)S(=O)(=O)c1cc2c(cc1Br)CCN2C(C)=O. The number of benzene rings is 1. The molecule has 0 bridgehead atoms. The third-order valence-electron chi connectivity index (χ3n) is 4.12. The summed E-state index contributed by atoms with van der Waals surface area (Å²) in [6, 6.07) is 3.37. The van der Waals surface area contributed by atoms with Crippen molar-refractivity contribution in [3.63, 3.8) is 0 Å². The van der Waals surface area contributed by atoms with E-state index in [1.165, 1.54) is 25.4 Å². The minimum absolute atomic E-state index is 0.0972. The number of carbonyl (C=O) groups excluding carboxylic acids is 1. The van der Waals surface area contributed by atoms with E-state index in [1.54, 1.807) is 17.0 Å². The molecule has 1 amide bonds. The number of fused-ring (bicyclic) bond motifs is 1. The Balaban J connectivity index is 2.43. The van der Waals surface area contributed by atoms with E-state index >= 15 is 0 Å². The van der Waals surface area contributed by atoms with Gasteiger partial charge >= 0.3 is 0 Å². The van der Waals surface area contributed by atoms with Crippen LogP contribution in [0.15, 0.2) is 21.5 Å². The maximum absolute atomic E-state index is 13.1. The summed E-state index contributed by atoms with van der Waals surface area (Å²) in [7, 11) is -0.708. The first-order valence-electron chi connectivity index (χ1n) is 7.91. The average Bonchev–Trinajstić information content (AvgIpc) is 2.96. The fourth-order valence-corrected chi connectivity index (χ4v) is 5.27. The fraction of sp³-hybridized carbons (Fsp3) is 0.562. The van der Waals surface area contributed by atoms with Crippen molar-refractivity contribution in [2.45, 2.75) is 18.2 Å². The van der Waals surface area contributed by atoms with E-state index in [4.69, 9.17) is 9.47 Å². The Hall–Kier alpha value is -1.00. The highest BCUT2D eigenvalue weighted by atomic mass is 79.9. The highest BCUT2D eigenvalue weighted by Crippen LogP contribution is 2.36. The molecule has 7 nitrogen and oxygen atoms in total. The first-order chi connectivity index (χ1) is 11.8. The van der Waals surface area contributed by atoms with Crippen LogP contribution >= 0.6 is 15.9 Å². The van der Waals surface area contributed by atoms with Crippen molar-refractivity contribution >= 4 is 37.5 Å². The summed E-state index contributed by atoms with van der Waals surface area (Å²) in [5, 5.41) is 0. The van der Waals surface area contributed by atoms with Gasteiger partial charge in [-0.25, -0.2) is 8.42 Å². The molecule has 0 aromatic heterocycles. The molecule has 1 aliphatic heterocycles. The number of methoxy groups -OCH3 is 2. The van der Waals surface area contributed by atoms with Gasteiger partial charge in [0, 0.05) is 50.9 Å². The molecule has 2 rings (SSSR count). The standard InChI is InChI=1S/C16H23BrN2O5S/c1-12(20)19-5-4-13-10-14(17)16(11-15(13)19)25(21,22)18(6-8-23-2)7-9-24-3/h10-11H,4-9H2,1-3H3. The number of carbonyl (C=O) groups is 1. The number of halogens is 1. The molecule has 140 valence electrons. The van der Waals surface area contributed by atoms with Crippen molar-refractivity contribution in [1.29, 1.82) is 0 Å². The Morgan fingerprint density at radius 2 is 1.84 bits per heavy atom. The molecule has 0 unspecified atom stereocenters. The van der Waals surface area contributed by atoms with Gasteiger partial charge in [0.1, 0.15) is 0 Å². The molecule has 1 aromatic rings. The highest BCUT2D eigenvalue weighted by molar-refractivity contribution is 9.10. The van der Waals surface area contributed by atoms with E-state index in [9.17, 15) is 13.2 Å². The first-order valence-corrected chi connectivity index (χ1v) is 10.1. The largest absolute Gasteiger partial charge is 0.383 e. The van der Waals surface area contributed by atoms with Gasteiger partial charge in [-0.2, -0.15) is 4.31 Å². The second-order valence-electron chi connectivity index (χ2n) is 5.72. The molecule has 9 heteroatoms. The van der Waals surface area contributed by atoms with Crippen molar-refractivity contribution in [1.82, 2.24) is 4.31 Å². The van der Waals surface area contributed by atoms with E-state index < -0.39 is 10.0 Å². The Bertz CT molecular complexity index is 730. The van der Waals surface area contributed by atoms with Crippen LogP contribution in [0, 0.1) is 0 Å². The summed E-state index contributed by atoms with van der Waals surface area (Å²) in [6.07, 6.45) is 0.713. The summed E-state index contributed by atoms with van der Waals surface area (Å²) in [5.41, 5.74) is 1.62. The molecule has 1 heterocycles. The molecule has 1 aromatic carbocycles. The van der Waals surface area contributed by atoms with Crippen LogP contribution in [0.4, 0.5) is 5.69 Å². The Labute approximate surface area is 157 Å². The number of sulfonamides is 1. The molecule has 0 spiro atoms. The predicted octanol–water partition coefficient (Wildman–Crippen LogP) is 1.64. The molecule has 0 N–H and O–H groups in total. The van der Waals surface area contributed by atoms with Crippen LogP contribution in [-0.2, 0) is 30.7 Å². The van der Waals surface area contributed by atoms with Gasteiger partial charge in [0.15, 0.2) is 0 Å². The third-order valence-corrected chi connectivity index (χ3v) is 6.97. The lowest BCUT2D eigenvalue weighted by Crippen LogP contribution is -2.36. The van der Waals surface area contributed by atoms with Gasteiger partial charge in [0.2, 0.25) is 15.9 Å². The molecule has 1 aliphatic rings. The molecular weight excluding hydrogens is 412 g/mol. The highest BCUT2D eigenvalue weighted by Gasteiger charge is 2.30. The number of ether oxygens (including phenoxy) is 2. The number of rotatable bonds is 8. The zero-order valence-corrected chi connectivity index (χ0v) is 17.0. The summed E-state index contributed by atoms with van der Waals surface area (Å²) >= 11 is 3.38. The van der Waals surface area contributed by atoms with Gasteiger partial charge in [0.25, 0.3) is 0 Å². The smallest absolute Gasteiger partial charge is 0.244 e. The van der Waals surface area contributed by atoms with Gasteiger partial charge in [0.05, 0.1) is 18.1 Å². The van der Waals surface area contributed by atoms with Crippen molar-refractivity contribution in [3.8, 4) is 0 Å². The second kappa shape index (κ2) is 8.59. The van der Waals surface area contributed by atoms with Crippen LogP contribution in [0.2, 0.25) is 0 Å². The number of amides is 1. The zero-order valence-electron chi connectivity index (χ0n) is 14.6. The van der Waals surface area contributed by atoms with Crippen LogP contribution in [0.5, 0.6) is 0 Å². The molecule has 0 aliphatic carbocycles. The number of nitrogens with zero attached hydrogens (tertiary/aromatic N) is 2. The molecule has 0 radical (unpaired) electrons. The summed E-state index contributed by atoms with van der Waals surface area (Å²) < 4.78 is 38.1. The lowest BCUT2D eigenvalue weighted by molar-refractivity contribution is -0.116. The summed E-state index contributed by atoms with van der Waals surface area (Å²) in [5.74, 6) is -0.0972. The van der Waals surface area contributed by atoms with Crippen LogP contribution < -0.4 is 4.90 Å². The molecular formula is C16H23BrN2O5S. The summed E-state index contributed by atoms with van der Waals surface area (Å²) in [6.45, 7) is 3.06. The Kier molecular flexibility index (Phi) is 6.98. The lowest BCUT2D eigenvalue weighted by Gasteiger charge is -2.23. The Morgan fingerprint density at radius 1 is 1.24 bits per heavy atom. The van der Waals surface area contributed by atoms with Gasteiger partial charge < -0.3 is 14.4 Å². The summed E-state index contributed by atoms with van der Waals surface area (Å²) in [4.78, 5) is 13.5. The van der Waals surface area contributed by atoms with Crippen LogP contribution in [-0.4, -0.2) is 65.7 Å². The van der Waals surface area contributed by atoms with Crippen LogP contribution in [0.3, 0.4) is 0 Å². The zero-order chi connectivity index (χ0) is 18.6. The maximum atomic E-state index is 13.1. The van der Waals surface area contributed by atoms with Crippen molar-refractivity contribution in [2.75, 3.05) is 52.0 Å². The third kappa shape index (κ3) is 4.40. The maximum Gasteiger partial charge on any atom is 0.244 e. The van der Waals surface area contributed by atoms with Gasteiger partial charge in [-0.3, -0.25) is 4.79 Å². The van der Waals surface area contributed by atoms with Crippen LogP contribution in [0.25, 0.3) is 0 Å². The lowest BCUT2D eigenvalue weighted by atomic mass is 10.2. The predicted molar refractivity (Wildman–Crippen MR) is 98.4 cm³/mol. The van der Waals surface area contributed by atoms with E-state index in [-0.39, 0.29) is 37.1 Å². The van der Waals surface area contributed by atoms with Crippen LogP contribution in [0.1, 0.15) is 12.5 Å². The van der Waals surface area contributed by atoms with E-state index in [0.717, 1.165) is 5.56 Å². The number of hydrogen-bond acceptors (Lipinski definition) is 5. The minimum atomic E-state index is -3.76. The van der Waals surface area contributed by atoms with Gasteiger partial charge in [-0.05, 0) is 40.0 Å². The number of anilines is 1. The van der Waals surface area contributed by atoms with Crippen molar-refractivity contribution < 1.29 is 22.7 Å². The topological polar surface area (TPSA) is 76.2 Å². The molecule has 0 saturated carbocycles. The average molecular weight is 435 g/mol. The normalized spacial score (nSPS) is 14.2. The molecule has 0 atom stereocenters. The first kappa shape index (κ1) is 20.3. The van der Waals surface area contributed by atoms with E-state index in [0.29, 0.717) is 23.1 Å². The van der Waals surface area contributed by atoms with Crippen molar-refractivity contribution in [2.24, 2.45) is 0 Å². The Morgan fingerprint density at radius 3 is 2.36 bits per heavy atom.